The first-order valence-corrected chi connectivity index (χ1v) is 11.1. The minimum absolute atomic E-state index is 0. The summed E-state index contributed by atoms with van der Waals surface area (Å²) in [5.74, 6) is 0. The van der Waals surface area contributed by atoms with Crippen molar-refractivity contribution in [3.63, 3.8) is 0 Å². The van der Waals surface area contributed by atoms with Crippen LogP contribution in [0.1, 0.15) is 33.6 Å². The van der Waals surface area contributed by atoms with Crippen molar-refractivity contribution >= 4 is 7.63 Å². The predicted molar refractivity (Wildman–Crippen MR) is 66.1 cm³/mol. The van der Waals surface area contributed by atoms with Gasteiger partial charge in [0, 0.05) is 0 Å². The Bertz CT molecular complexity index is 456. The van der Waals surface area contributed by atoms with Crippen molar-refractivity contribution in [3.05, 3.63) is 42.7 Å². The van der Waals surface area contributed by atoms with Gasteiger partial charge in [0.1, 0.15) is 0 Å². The van der Waals surface area contributed by atoms with Crippen molar-refractivity contribution < 1.29 is 41.4 Å². The van der Waals surface area contributed by atoms with Crippen molar-refractivity contribution in [2.24, 2.45) is 0 Å². The summed E-state index contributed by atoms with van der Waals surface area (Å²) >= 11 is -1.06. The van der Waals surface area contributed by atoms with E-state index >= 15 is 0 Å². The Morgan fingerprint density at radius 2 is 1.76 bits per heavy atom. The van der Waals surface area contributed by atoms with Gasteiger partial charge < -0.3 is 24.8 Å². The molecule has 0 unspecified atom stereocenters. The summed E-state index contributed by atoms with van der Waals surface area (Å²) in [6.45, 7) is 6.90. The van der Waals surface area contributed by atoms with Crippen molar-refractivity contribution in [1.82, 2.24) is 0 Å². The summed E-state index contributed by atoms with van der Waals surface area (Å²) in [7, 11) is 2.30. The molecule has 2 aliphatic rings. The van der Waals surface area contributed by atoms with Crippen LogP contribution in [0.3, 0.4) is 0 Å². The first-order valence-electron chi connectivity index (χ1n) is 5.53. The van der Waals surface area contributed by atoms with E-state index in [0.717, 1.165) is 0 Å². The van der Waals surface area contributed by atoms with Gasteiger partial charge >= 0.3 is 101 Å². The Balaban J connectivity index is 0.00000128. The minimum Gasteiger partial charge on any atom is -1.00 e. The largest absolute Gasteiger partial charge is 1.00 e. The smallest absolute Gasteiger partial charge is 1.00 e. The third-order valence-electron chi connectivity index (χ3n) is 3.62. The summed E-state index contributed by atoms with van der Waals surface area (Å²) in [5.41, 5.74) is 4.78. The standard InChI is InChI=1S/C8H11.C5H5.2ClH.H2Si.Ti/c1-6-4-5-7(2)8(6)3;1-2-4-5-3-1;;;;/h4H2,1-3H3;1-3H,4H2;2*1H;1H2;/q;;;;;+2/p-2. The second-order valence-corrected chi connectivity index (χ2v) is 10.8. The maximum atomic E-state index is 2.37. The molecule has 0 N–H and O–H groups in total. The van der Waals surface area contributed by atoms with Gasteiger partial charge in [-0.15, -0.1) is 0 Å². The number of hydrogen-bond acceptors (Lipinski definition) is 0. The molecule has 0 aliphatic heterocycles. The van der Waals surface area contributed by atoms with Gasteiger partial charge in [-0.2, -0.15) is 0 Å². The Kier molecular flexibility index (Phi) is 7.35. The average Bonchev–Trinajstić information content (AvgIpc) is 2.82. The van der Waals surface area contributed by atoms with Crippen LogP contribution < -0.4 is 24.8 Å². The molecule has 92 valence electrons. The van der Waals surface area contributed by atoms with Crippen LogP contribution in [0.15, 0.2) is 42.7 Å². The normalized spacial score (nSPS) is 17.4. The topological polar surface area (TPSA) is 0 Å². The molecule has 0 aromatic heterocycles. The number of halogens is 2. The van der Waals surface area contributed by atoms with Crippen LogP contribution in [-0.2, 0) is 16.6 Å². The van der Waals surface area contributed by atoms with Crippen molar-refractivity contribution in [3.8, 4) is 0 Å². The van der Waals surface area contributed by atoms with E-state index in [-0.39, 0.29) is 24.8 Å². The zero-order valence-electron chi connectivity index (χ0n) is 10.6. The summed E-state index contributed by atoms with van der Waals surface area (Å²) in [6.07, 6.45) is 9.40. The van der Waals surface area contributed by atoms with Crippen molar-refractivity contribution in [2.45, 2.75) is 33.6 Å². The number of allylic oxidation sites excluding steroid dienone is 8. The average molecular weight is 321 g/mol. The molecule has 0 saturated carbocycles. The summed E-state index contributed by atoms with van der Waals surface area (Å²) in [6, 6.07) is 0. The second kappa shape index (κ2) is 7.16. The molecule has 0 saturated heterocycles. The molecule has 0 spiro atoms. The maximum Gasteiger partial charge on any atom is -1.00 e. The molecule has 0 aromatic rings. The fraction of sp³-hybridized carbons (Fsp3) is 0.385. The first kappa shape index (κ1) is 17.5. The van der Waals surface area contributed by atoms with Crippen molar-refractivity contribution in [1.29, 1.82) is 0 Å². The third-order valence-corrected chi connectivity index (χ3v) is 11.0. The molecule has 0 amide bonds. The van der Waals surface area contributed by atoms with Crippen LogP contribution in [-0.4, -0.2) is 7.63 Å². The van der Waals surface area contributed by atoms with Gasteiger partial charge in [0.2, 0.25) is 0 Å². The SMILES string of the molecule is CC1=C(C)C(C)=[C]([Ti+2](=[SiH2])[C]2=CC=CC2)C1.[Cl-].[Cl-]. The maximum absolute atomic E-state index is 2.37. The van der Waals surface area contributed by atoms with Crippen molar-refractivity contribution in [2.75, 3.05) is 0 Å². The molecule has 0 bridgehead atoms. The Labute approximate surface area is 125 Å². The van der Waals surface area contributed by atoms with Crippen LogP contribution in [0.25, 0.3) is 0 Å². The van der Waals surface area contributed by atoms with E-state index in [1.807, 2.05) is 3.88 Å². The van der Waals surface area contributed by atoms with Gasteiger partial charge in [0.25, 0.3) is 0 Å². The summed E-state index contributed by atoms with van der Waals surface area (Å²) in [4.78, 5) is 0. The predicted octanol–water partition coefficient (Wildman–Crippen LogP) is -2.98. The van der Waals surface area contributed by atoms with E-state index in [0.29, 0.717) is 0 Å². The van der Waals surface area contributed by atoms with Gasteiger partial charge in [-0.25, -0.2) is 0 Å². The molecule has 0 aromatic carbocycles. The van der Waals surface area contributed by atoms with Gasteiger partial charge in [0.05, 0.1) is 0 Å². The van der Waals surface area contributed by atoms with Crippen LogP contribution >= 0.6 is 0 Å². The molecule has 0 radical (unpaired) electrons. The monoisotopic (exact) mass is 320 g/mol. The molecule has 0 heterocycles. The van der Waals surface area contributed by atoms with Crippen LogP contribution in [0.2, 0.25) is 0 Å². The van der Waals surface area contributed by atoms with Gasteiger partial charge in [-0.3, -0.25) is 0 Å². The molecule has 2 rings (SSSR count). The van der Waals surface area contributed by atoms with Crippen LogP contribution in [0.5, 0.6) is 0 Å². The van der Waals surface area contributed by atoms with E-state index in [4.69, 9.17) is 0 Å². The number of hydrogen-bond donors (Lipinski definition) is 0. The molecule has 4 heteroatoms. The molecular formula is C13H18Cl2SiTi. The fourth-order valence-corrected chi connectivity index (χ4v) is 8.35. The molecule has 0 fully saturated rings. The minimum atomic E-state index is -1.06. The first-order chi connectivity index (χ1) is 7.11. The third kappa shape index (κ3) is 3.48. The van der Waals surface area contributed by atoms with E-state index in [1.165, 1.54) is 12.8 Å². The van der Waals surface area contributed by atoms with Gasteiger partial charge in [0.15, 0.2) is 0 Å². The fourth-order valence-electron chi connectivity index (χ4n) is 2.27. The van der Waals surface area contributed by atoms with E-state index < -0.39 is 16.6 Å². The molecule has 0 atom stereocenters. The summed E-state index contributed by atoms with van der Waals surface area (Å²) < 4.78 is 3.57. The summed E-state index contributed by atoms with van der Waals surface area (Å²) in [5, 5.41) is 0. The molecule has 0 nitrogen and oxygen atoms in total. The quantitative estimate of drug-likeness (QED) is 0.476. The second-order valence-electron chi connectivity index (χ2n) is 4.49. The molecule has 17 heavy (non-hydrogen) atoms. The van der Waals surface area contributed by atoms with E-state index in [2.05, 4.69) is 46.6 Å². The molecular weight excluding hydrogens is 303 g/mol. The molecule has 2 aliphatic carbocycles. The van der Waals surface area contributed by atoms with Crippen LogP contribution in [0.4, 0.5) is 0 Å². The Morgan fingerprint density at radius 1 is 1.12 bits per heavy atom. The Morgan fingerprint density at radius 3 is 2.18 bits per heavy atom. The Hall–Kier alpha value is 0.471. The zero-order chi connectivity index (χ0) is 11.0. The van der Waals surface area contributed by atoms with E-state index in [1.54, 1.807) is 20.6 Å². The zero-order valence-corrected chi connectivity index (χ0v) is 15.1. The van der Waals surface area contributed by atoms with Crippen LogP contribution in [0, 0.1) is 0 Å². The number of rotatable bonds is 2. The van der Waals surface area contributed by atoms with Gasteiger partial charge in [-0.05, 0) is 0 Å². The van der Waals surface area contributed by atoms with Gasteiger partial charge in [-0.1, -0.05) is 0 Å². The van der Waals surface area contributed by atoms with E-state index in [9.17, 15) is 0 Å².